The largest absolute Gasteiger partial charge is 0.472 e. The van der Waals surface area contributed by atoms with Crippen LogP contribution in [0.1, 0.15) is 11.3 Å². The molecule has 3 aromatic rings. The third-order valence-corrected chi connectivity index (χ3v) is 3.84. The first kappa shape index (κ1) is 12.3. The molecular weight excluding hydrogens is 260 g/mol. The Hall–Kier alpha value is -1.79. The molecule has 2 N–H and O–H groups in total. The van der Waals surface area contributed by atoms with Crippen LogP contribution in [0.15, 0.2) is 34.6 Å². The van der Waals surface area contributed by atoms with Crippen LogP contribution in [0.5, 0.6) is 0 Å². The highest BCUT2D eigenvalue weighted by molar-refractivity contribution is 7.15. The normalized spacial score (nSPS) is 11.3. The van der Waals surface area contributed by atoms with Crippen molar-refractivity contribution in [2.24, 2.45) is 5.73 Å². The fraction of sp³-hybridized carbons (Fsp3) is 0.308. The number of thiazole rings is 1. The summed E-state index contributed by atoms with van der Waals surface area (Å²) in [6.45, 7) is 1.40. The summed E-state index contributed by atoms with van der Waals surface area (Å²) in [5, 5.41) is 2.04. The van der Waals surface area contributed by atoms with E-state index in [-0.39, 0.29) is 0 Å². The molecule has 0 fully saturated rings. The van der Waals surface area contributed by atoms with Crippen LogP contribution in [0.2, 0.25) is 0 Å². The number of imidazole rings is 1. The van der Waals surface area contributed by atoms with Crippen LogP contribution in [0.3, 0.4) is 0 Å². The third kappa shape index (κ3) is 2.24. The van der Waals surface area contributed by atoms with Crippen molar-refractivity contribution in [1.82, 2.24) is 9.38 Å². The third-order valence-electron chi connectivity index (χ3n) is 3.08. The van der Waals surface area contributed by atoms with Gasteiger partial charge in [0.2, 0.25) is 0 Å². The van der Waals surface area contributed by atoms with E-state index >= 15 is 0 Å². The Morgan fingerprint density at radius 3 is 3.16 bits per heavy atom. The molecule has 19 heavy (non-hydrogen) atoms. The molecule has 0 saturated carbocycles. The summed E-state index contributed by atoms with van der Waals surface area (Å²) in [7, 11) is 2.04. The van der Waals surface area contributed by atoms with E-state index in [1.165, 1.54) is 5.69 Å². The summed E-state index contributed by atoms with van der Waals surface area (Å²) < 4.78 is 7.23. The molecule has 3 rings (SSSR count). The summed E-state index contributed by atoms with van der Waals surface area (Å²) in [5.74, 6) is 0.999. The number of fused-ring (bicyclic) bond motifs is 1. The van der Waals surface area contributed by atoms with Crippen LogP contribution in [-0.2, 0) is 13.0 Å². The molecule has 0 aliphatic carbocycles. The Bertz CT molecular complexity index is 655. The van der Waals surface area contributed by atoms with E-state index in [9.17, 15) is 0 Å². The number of aromatic nitrogens is 2. The van der Waals surface area contributed by atoms with E-state index in [1.807, 2.05) is 24.7 Å². The zero-order valence-corrected chi connectivity index (χ0v) is 11.6. The summed E-state index contributed by atoms with van der Waals surface area (Å²) in [5.41, 5.74) is 8.02. The SMILES string of the molecule is CN(Cc1ccoc1)c1nc2sccn2c1CCN. The molecule has 0 aromatic carbocycles. The molecule has 0 amide bonds. The molecule has 6 heteroatoms. The Morgan fingerprint density at radius 2 is 2.42 bits per heavy atom. The fourth-order valence-corrected chi connectivity index (χ4v) is 2.96. The first-order chi connectivity index (χ1) is 9.29. The molecule has 0 bridgehead atoms. The number of nitrogens with two attached hydrogens (primary N) is 1. The van der Waals surface area contributed by atoms with Gasteiger partial charge in [-0.3, -0.25) is 4.40 Å². The first-order valence-corrected chi connectivity index (χ1v) is 7.04. The predicted molar refractivity (Wildman–Crippen MR) is 76.6 cm³/mol. The number of nitrogens with zero attached hydrogens (tertiary/aromatic N) is 3. The van der Waals surface area contributed by atoms with Gasteiger partial charge in [0.1, 0.15) is 0 Å². The van der Waals surface area contributed by atoms with Gasteiger partial charge in [0, 0.05) is 37.2 Å². The lowest BCUT2D eigenvalue weighted by Crippen LogP contribution is -2.19. The van der Waals surface area contributed by atoms with Gasteiger partial charge < -0.3 is 15.1 Å². The molecule has 0 aliphatic heterocycles. The number of furan rings is 1. The number of rotatable bonds is 5. The van der Waals surface area contributed by atoms with Crippen molar-refractivity contribution in [3.63, 3.8) is 0 Å². The molecule has 0 radical (unpaired) electrons. The van der Waals surface area contributed by atoms with Gasteiger partial charge >= 0.3 is 0 Å². The standard InChI is InChI=1S/C13H16N4OS/c1-16(8-10-3-6-18-9-10)12-11(2-4-14)17-5-7-19-13(17)15-12/h3,5-7,9H,2,4,8,14H2,1H3. The maximum Gasteiger partial charge on any atom is 0.195 e. The number of hydrogen-bond donors (Lipinski definition) is 1. The molecule has 3 heterocycles. The Morgan fingerprint density at radius 1 is 1.53 bits per heavy atom. The van der Waals surface area contributed by atoms with E-state index in [1.54, 1.807) is 23.9 Å². The van der Waals surface area contributed by atoms with E-state index in [0.29, 0.717) is 6.54 Å². The maximum absolute atomic E-state index is 5.71. The minimum atomic E-state index is 0.621. The van der Waals surface area contributed by atoms with Crippen molar-refractivity contribution in [3.05, 3.63) is 41.4 Å². The second-order valence-electron chi connectivity index (χ2n) is 4.46. The van der Waals surface area contributed by atoms with Crippen LogP contribution < -0.4 is 10.6 Å². The maximum atomic E-state index is 5.71. The zero-order valence-electron chi connectivity index (χ0n) is 10.7. The van der Waals surface area contributed by atoms with Crippen molar-refractivity contribution < 1.29 is 4.42 Å². The van der Waals surface area contributed by atoms with Gasteiger partial charge in [-0.05, 0) is 12.6 Å². The van der Waals surface area contributed by atoms with Crippen LogP contribution in [0.25, 0.3) is 4.96 Å². The topological polar surface area (TPSA) is 59.7 Å². The minimum absolute atomic E-state index is 0.621. The Labute approximate surface area is 115 Å². The van der Waals surface area contributed by atoms with Crippen LogP contribution in [-0.4, -0.2) is 23.0 Å². The molecule has 0 atom stereocenters. The van der Waals surface area contributed by atoms with E-state index < -0.39 is 0 Å². The Balaban J connectivity index is 1.94. The molecule has 0 aliphatic rings. The van der Waals surface area contributed by atoms with Gasteiger partial charge in [0.05, 0.1) is 18.2 Å². The zero-order chi connectivity index (χ0) is 13.2. The van der Waals surface area contributed by atoms with Gasteiger partial charge in [-0.1, -0.05) is 0 Å². The molecule has 0 saturated heterocycles. The molecule has 3 aromatic heterocycles. The summed E-state index contributed by atoms with van der Waals surface area (Å²) in [6, 6.07) is 1.97. The van der Waals surface area contributed by atoms with Gasteiger partial charge in [-0.25, -0.2) is 4.98 Å². The Kier molecular flexibility index (Phi) is 3.27. The predicted octanol–water partition coefficient (Wildman–Crippen LogP) is 2.13. The number of anilines is 1. The van der Waals surface area contributed by atoms with Gasteiger partial charge in [-0.2, -0.15) is 0 Å². The smallest absolute Gasteiger partial charge is 0.195 e. The van der Waals surface area contributed by atoms with Crippen molar-refractivity contribution in [1.29, 1.82) is 0 Å². The van der Waals surface area contributed by atoms with Crippen molar-refractivity contribution in [3.8, 4) is 0 Å². The molecule has 5 nitrogen and oxygen atoms in total. The van der Waals surface area contributed by atoms with Crippen LogP contribution in [0, 0.1) is 0 Å². The second-order valence-corrected chi connectivity index (χ2v) is 5.34. The summed E-state index contributed by atoms with van der Waals surface area (Å²) in [6.07, 6.45) is 6.32. The molecular formula is C13H16N4OS. The highest BCUT2D eigenvalue weighted by Crippen LogP contribution is 2.25. The minimum Gasteiger partial charge on any atom is -0.472 e. The molecule has 0 spiro atoms. The van der Waals surface area contributed by atoms with E-state index in [2.05, 4.69) is 9.30 Å². The highest BCUT2D eigenvalue weighted by Gasteiger charge is 2.16. The first-order valence-electron chi connectivity index (χ1n) is 6.16. The lowest BCUT2D eigenvalue weighted by Gasteiger charge is -2.17. The van der Waals surface area contributed by atoms with Crippen LogP contribution >= 0.6 is 11.3 Å². The summed E-state index contributed by atoms with van der Waals surface area (Å²) in [4.78, 5) is 7.84. The monoisotopic (exact) mass is 276 g/mol. The lowest BCUT2D eigenvalue weighted by atomic mass is 10.2. The van der Waals surface area contributed by atoms with Crippen molar-refractivity contribution >= 4 is 22.1 Å². The average molecular weight is 276 g/mol. The lowest BCUT2D eigenvalue weighted by molar-refractivity contribution is 0.563. The van der Waals surface area contributed by atoms with Crippen molar-refractivity contribution in [2.45, 2.75) is 13.0 Å². The van der Waals surface area contributed by atoms with Gasteiger partial charge in [0.25, 0.3) is 0 Å². The molecule has 0 unspecified atom stereocenters. The quantitative estimate of drug-likeness (QED) is 0.775. The average Bonchev–Trinajstić information content (AvgIpc) is 3.07. The number of hydrogen-bond acceptors (Lipinski definition) is 5. The van der Waals surface area contributed by atoms with E-state index in [0.717, 1.165) is 29.3 Å². The van der Waals surface area contributed by atoms with Gasteiger partial charge in [0.15, 0.2) is 10.8 Å². The highest BCUT2D eigenvalue weighted by atomic mass is 32.1. The second kappa shape index (κ2) is 5.07. The fourth-order valence-electron chi connectivity index (χ4n) is 2.23. The molecule has 100 valence electrons. The van der Waals surface area contributed by atoms with Crippen molar-refractivity contribution in [2.75, 3.05) is 18.5 Å². The van der Waals surface area contributed by atoms with Crippen LogP contribution in [0.4, 0.5) is 5.82 Å². The summed E-state index contributed by atoms with van der Waals surface area (Å²) >= 11 is 1.64. The van der Waals surface area contributed by atoms with Gasteiger partial charge in [-0.15, -0.1) is 11.3 Å². The van der Waals surface area contributed by atoms with E-state index in [4.69, 9.17) is 15.1 Å².